The van der Waals surface area contributed by atoms with Crippen LogP contribution in [0.15, 0.2) is 18.2 Å². The Morgan fingerprint density at radius 3 is 1.96 bits per heavy atom. The van der Waals surface area contributed by atoms with Crippen molar-refractivity contribution in [1.29, 1.82) is 0 Å². The molecule has 0 unspecified atom stereocenters. The second kappa shape index (κ2) is 6.28. The maximum atomic E-state index is 13.3. The minimum atomic E-state index is -0.996. The number of hydrogen-bond acceptors (Lipinski definition) is 5. The molecule has 0 N–H and O–H groups in total. The summed E-state index contributed by atoms with van der Waals surface area (Å²) in [4.78, 5) is 8.62. The Kier molecular flexibility index (Phi) is 4.52. The summed E-state index contributed by atoms with van der Waals surface area (Å²) in [6.07, 6.45) is 0. The van der Waals surface area contributed by atoms with Gasteiger partial charge >= 0.3 is 13.1 Å². The third-order valence-electron chi connectivity index (χ3n) is 4.90. The van der Waals surface area contributed by atoms with Gasteiger partial charge in [-0.3, -0.25) is 0 Å². The van der Waals surface area contributed by atoms with E-state index in [-0.39, 0.29) is 11.8 Å². The molecule has 0 spiro atoms. The number of halogens is 2. The van der Waals surface area contributed by atoms with Crippen LogP contribution in [0.5, 0.6) is 11.8 Å². The summed E-state index contributed by atoms with van der Waals surface area (Å²) in [6, 6.07) is 3.30. The molecule has 26 heavy (non-hydrogen) atoms. The first kappa shape index (κ1) is 18.7. The summed E-state index contributed by atoms with van der Waals surface area (Å²) >= 11 is 0. The lowest BCUT2D eigenvalue weighted by atomic mass is 9.77. The Balaban J connectivity index is 1.88. The smallest absolute Gasteiger partial charge is 0.424 e. The normalized spacial score (nSPS) is 18.2. The van der Waals surface area contributed by atoms with Gasteiger partial charge in [0.2, 0.25) is 0 Å². The lowest BCUT2D eigenvalue weighted by molar-refractivity contribution is 0.00578. The van der Waals surface area contributed by atoms with Crippen molar-refractivity contribution in [2.75, 3.05) is 0 Å². The molecule has 0 bridgehead atoms. The summed E-state index contributed by atoms with van der Waals surface area (Å²) in [5, 5.41) is 0. The fraction of sp³-hybridized carbons (Fsp3) is 0.444. The van der Waals surface area contributed by atoms with Crippen LogP contribution >= 0.6 is 0 Å². The molecule has 1 aliphatic rings. The molecule has 0 amide bonds. The highest BCUT2D eigenvalue weighted by Gasteiger charge is 2.52. The minimum absolute atomic E-state index is 0.0475. The maximum absolute atomic E-state index is 13.3. The number of aryl methyl sites for hydroxylation is 2. The van der Waals surface area contributed by atoms with E-state index in [0.29, 0.717) is 11.4 Å². The van der Waals surface area contributed by atoms with E-state index in [9.17, 15) is 8.78 Å². The van der Waals surface area contributed by atoms with Crippen LogP contribution in [-0.2, 0) is 9.31 Å². The van der Waals surface area contributed by atoms with Crippen LogP contribution in [0.3, 0.4) is 0 Å². The molecule has 3 rings (SSSR count). The molecule has 1 saturated heterocycles. The van der Waals surface area contributed by atoms with Crippen LogP contribution in [0.1, 0.15) is 39.1 Å². The monoisotopic (exact) mass is 362 g/mol. The van der Waals surface area contributed by atoms with Crippen molar-refractivity contribution in [3.8, 4) is 11.8 Å². The topological polar surface area (TPSA) is 53.5 Å². The van der Waals surface area contributed by atoms with Gasteiger partial charge in [-0.2, -0.15) is 0 Å². The molecule has 0 radical (unpaired) electrons. The van der Waals surface area contributed by atoms with E-state index in [0.717, 1.165) is 17.6 Å². The van der Waals surface area contributed by atoms with E-state index < -0.39 is 30.0 Å². The largest absolute Gasteiger partial charge is 0.498 e. The van der Waals surface area contributed by atoms with Gasteiger partial charge in [-0.25, -0.2) is 18.7 Å². The molecule has 0 saturated carbocycles. The first-order valence-corrected chi connectivity index (χ1v) is 8.34. The number of rotatable bonds is 3. The Labute approximate surface area is 151 Å². The summed E-state index contributed by atoms with van der Waals surface area (Å²) in [7, 11) is -0.586. The van der Waals surface area contributed by atoms with E-state index in [1.54, 1.807) is 13.8 Å². The second-order valence-electron chi connectivity index (χ2n) is 7.36. The molecule has 5 nitrogen and oxygen atoms in total. The Bertz CT molecular complexity index is 819. The van der Waals surface area contributed by atoms with Crippen LogP contribution < -0.4 is 10.2 Å². The summed E-state index contributed by atoms with van der Waals surface area (Å²) in [5.41, 5.74) is 1.05. The lowest BCUT2D eigenvalue weighted by Crippen LogP contribution is -2.41. The summed E-state index contributed by atoms with van der Waals surface area (Å²) < 4.78 is 43.9. The molecule has 2 aromatic rings. The van der Waals surface area contributed by atoms with Crippen LogP contribution in [-0.4, -0.2) is 28.3 Å². The van der Waals surface area contributed by atoms with E-state index in [1.165, 1.54) is 6.07 Å². The fourth-order valence-electron chi connectivity index (χ4n) is 2.69. The third-order valence-corrected chi connectivity index (χ3v) is 4.90. The van der Waals surface area contributed by atoms with Gasteiger partial charge in [-0.1, -0.05) is 0 Å². The lowest BCUT2D eigenvalue weighted by Gasteiger charge is -2.32. The highest BCUT2D eigenvalue weighted by Crippen LogP contribution is 2.37. The quantitative estimate of drug-likeness (QED) is 0.783. The van der Waals surface area contributed by atoms with Gasteiger partial charge in [0.25, 0.3) is 0 Å². The molecule has 2 heterocycles. The van der Waals surface area contributed by atoms with Crippen molar-refractivity contribution in [1.82, 2.24) is 9.97 Å². The van der Waals surface area contributed by atoms with Gasteiger partial charge in [0, 0.05) is 22.9 Å². The van der Waals surface area contributed by atoms with Crippen LogP contribution in [0.2, 0.25) is 0 Å². The summed E-state index contributed by atoms with van der Waals surface area (Å²) in [5.74, 6) is -1.82. The fourth-order valence-corrected chi connectivity index (χ4v) is 2.69. The second-order valence-corrected chi connectivity index (χ2v) is 7.36. The van der Waals surface area contributed by atoms with Gasteiger partial charge in [-0.05, 0) is 53.7 Å². The maximum Gasteiger partial charge on any atom is 0.498 e. The third kappa shape index (κ3) is 3.31. The zero-order valence-electron chi connectivity index (χ0n) is 15.7. The van der Waals surface area contributed by atoms with Crippen molar-refractivity contribution in [3.63, 3.8) is 0 Å². The van der Waals surface area contributed by atoms with Gasteiger partial charge in [0.15, 0.2) is 11.6 Å². The Morgan fingerprint density at radius 2 is 1.46 bits per heavy atom. The molecule has 1 aliphatic heterocycles. The van der Waals surface area contributed by atoms with Crippen molar-refractivity contribution in [3.05, 3.63) is 41.2 Å². The molecule has 8 heteroatoms. The zero-order chi connectivity index (χ0) is 19.3. The van der Waals surface area contributed by atoms with Crippen molar-refractivity contribution in [2.45, 2.75) is 52.7 Å². The SMILES string of the molecule is Cc1nc(Oc2ccc(F)c(F)c2)nc(C)c1B1OC(C)(C)C(C)(C)O1. The first-order chi connectivity index (χ1) is 12.0. The van der Waals surface area contributed by atoms with Gasteiger partial charge in [0.1, 0.15) is 5.75 Å². The molecular formula is C18H21BF2N2O3. The standard InChI is InChI=1S/C18H21BF2N2O3/c1-10-15(19-25-17(3,4)18(5,6)26-19)11(2)23-16(22-10)24-12-7-8-13(20)14(21)9-12/h7-9H,1-6H3. The van der Waals surface area contributed by atoms with Crippen molar-refractivity contribution < 1.29 is 22.8 Å². The molecule has 1 aromatic heterocycles. The minimum Gasteiger partial charge on any atom is -0.424 e. The molecule has 1 fully saturated rings. The van der Waals surface area contributed by atoms with Crippen molar-refractivity contribution >= 4 is 12.6 Å². The van der Waals surface area contributed by atoms with Crippen LogP contribution in [0.25, 0.3) is 0 Å². The molecule has 1 aromatic carbocycles. The van der Waals surface area contributed by atoms with E-state index in [4.69, 9.17) is 14.0 Å². The highest BCUT2D eigenvalue weighted by molar-refractivity contribution is 6.63. The number of nitrogens with zero attached hydrogens (tertiary/aromatic N) is 2. The van der Waals surface area contributed by atoms with E-state index in [1.807, 2.05) is 27.7 Å². The zero-order valence-corrected chi connectivity index (χ0v) is 15.7. The van der Waals surface area contributed by atoms with Gasteiger partial charge in [-0.15, -0.1) is 0 Å². The van der Waals surface area contributed by atoms with E-state index in [2.05, 4.69) is 9.97 Å². The van der Waals surface area contributed by atoms with Gasteiger partial charge < -0.3 is 14.0 Å². The highest BCUT2D eigenvalue weighted by atomic mass is 19.2. The van der Waals surface area contributed by atoms with Crippen molar-refractivity contribution in [2.24, 2.45) is 0 Å². The predicted octanol–water partition coefficient (Wildman–Crippen LogP) is 3.46. The summed E-state index contributed by atoms with van der Waals surface area (Å²) in [6.45, 7) is 11.5. The Morgan fingerprint density at radius 1 is 0.923 bits per heavy atom. The van der Waals surface area contributed by atoms with Crippen LogP contribution in [0, 0.1) is 25.5 Å². The first-order valence-electron chi connectivity index (χ1n) is 8.34. The average molecular weight is 362 g/mol. The molecule has 0 aliphatic carbocycles. The number of ether oxygens (including phenoxy) is 1. The molecule has 0 atom stereocenters. The average Bonchev–Trinajstić information content (AvgIpc) is 2.70. The predicted molar refractivity (Wildman–Crippen MR) is 93.7 cm³/mol. The van der Waals surface area contributed by atoms with Crippen LogP contribution in [0.4, 0.5) is 8.78 Å². The molecular weight excluding hydrogens is 341 g/mol. The van der Waals surface area contributed by atoms with Gasteiger partial charge in [0.05, 0.1) is 11.2 Å². The Hall–Kier alpha value is -2.06. The van der Waals surface area contributed by atoms with E-state index >= 15 is 0 Å². The molecule has 138 valence electrons. The number of aromatic nitrogens is 2. The number of benzene rings is 1. The number of hydrogen-bond donors (Lipinski definition) is 0.